The van der Waals surface area contributed by atoms with Crippen LogP contribution in [0.25, 0.3) is 5.70 Å². The molecule has 0 aliphatic carbocycles. The van der Waals surface area contributed by atoms with E-state index in [0.717, 1.165) is 5.56 Å². The third-order valence-electron chi connectivity index (χ3n) is 2.40. The number of aliphatic imine (C=N–C) groups is 1. The Labute approximate surface area is 105 Å². The second-order valence-corrected chi connectivity index (χ2v) is 3.57. The fourth-order valence-corrected chi connectivity index (χ4v) is 1.28. The molecule has 0 amide bonds. The number of pyridine rings is 1. The van der Waals surface area contributed by atoms with E-state index in [2.05, 4.69) is 21.9 Å². The Kier molecular flexibility index (Phi) is 4.74. The molecule has 0 aliphatic heterocycles. The minimum Gasteiger partial charge on any atom is -0.404 e. The van der Waals surface area contributed by atoms with Gasteiger partial charge in [-0.3, -0.25) is 9.79 Å². The average Bonchev–Trinajstić information content (AvgIpc) is 2.39. The zero-order valence-electron chi connectivity index (χ0n) is 10.2. The van der Waals surface area contributed by atoms with Crippen LogP contribution in [0, 0.1) is 0 Å². The highest BCUT2D eigenvalue weighted by molar-refractivity contribution is 5.97. The largest absolute Gasteiger partial charge is 0.404 e. The first-order chi connectivity index (χ1) is 8.58. The van der Waals surface area contributed by atoms with Crippen molar-refractivity contribution in [3.8, 4) is 0 Å². The summed E-state index contributed by atoms with van der Waals surface area (Å²) < 4.78 is 0. The molecule has 0 aliphatic rings. The zero-order chi connectivity index (χ0) is 13.5. The lowest BCUT2D eigenvalue weighted by molar-refractivity contribution is 0.978. The number of hydrogen-bond acceptors (Lipinski definition) is 4. The van der Waals surface area contributed by atoms with Crippen LogP contribution >= 0.6 is 0 Å². The normalized spacial score (nSPS) is 12.3. The van der Waals surface area contributed by atoms with Gasteiger partial charge in [-0.15, -0.1) is 0 Å². The molecule has 1 aromatic heterocycles. The standard InChI is InChI=1S/C12H17N5O/c1-8(9-3-4-11(18)17-6-9)16-7-10(5-13)12(14)15-2/h3-6,16H,1,7,13H2,2H3,(H2,14,15)(H,17,18). The molecule has 1 aromatic rings. The van der Waals surface area contributed by atoms with Crippen LogP contribution in [0.5, 0.6) is 0 Å². The Bertz CT molecular complexity index is 521. The van der Waals surface area contributed by atoms with Crippen LogP contribution in [0.1, 0.15) is 5.56 Å². The van der Waals surface area contributed by atoms with Gasteiger partial charge in [0.25, 0.3) is 0 Å². The lowest BCUT2D eigenvalue weighted by Crippen LogP contribution is -2.25. The molecule has 6 heteroatoms. The minimum absolute atomic E-state index is 0.156. The topological polar surface area (TPSA) is 109 Å². The van der Waals surface area contributed by atoms with Crippen molar-refractivity contribution in [2.75, 3.05) is 13.6 Å². The summed E-state index contributed by atoms with van der Waals surface area (Å²) in [6.07, 6.45) is 2.98. The molecule has 0 aromatic carbocycles. The molecule has 0 spiro atoms. The van der Waals surface area contributed by atoms with Gasteiger partial charge in [0, 0.05) is 48.9 Å². The van der Waals surface area contributed by atoms with Crippen LogP contribution in [0.2, 0.25) is 0 Å². The molecule has 0 saturated carbocycles. The van der Waals surface area contributed by atoms with E-state index in [9.17, 15) is 4.79 Å². The van der Waals surface area contributed by atoms with Crippen LogP contribution in [0.15, 0.2) is 46.5 Å². The molecule has 1 rings (SSSR count). The summed E-state index contributed by atoms with van der Waals surface area (Å²) in [7, 11) is 1.59. The fourth-order valence-electron chi connectivity index (χ4n) is 1.28. The van der Waals surface area contributed by atoms with Crippen molar-refractivity contribution < 1.29 is 0 Å². The number of rotatable bonds is 5. The molecule has 0 bridgehead atoms. The molecule has 6 nitrogen and oxygen atoms in total. The van der Waals surface area contributed by atoms with Crippen molar-refractivity contribution in [1.29, 1.82) is 0 Å². The number of H-pyrrole nitrogens is 1. The second-order valence-electron chi connectivity index (χ2n) is 3.57. The van der Waals surface area contributed by atoms with E-state index < -0.39 is 0 Å². The summed E-state index contributed by atoms with van der Waals surface area (Å²) in [4.78, 5) is 17.3. The van der Waals surface area contributed by atoms with E-state index in [1.165, 1.54) is 12.3 Å². The number of nitrogens with zero attached hydrogens (tertiary/aromatic N) is 1. The second kappa shape index (κ2) is 6.29. The maximum Gasteiger partial charge on any atom is 0.247 e. The number of aromatic nitrogens is 1. The van der Waals surface area contributed by atoms with Crippen LogP contribution in [-0.2, 0) is 0 Å². The number of nitrogens with one attached hydrogen (secondary N) is 2. The number of amidine groups is 1. The smallest absolute Gasteiger partial charge is 0.247 e. The van der Waals surface area contributed by atoms with E-state index in [1.54, 1.807) is 19.3 Å². The van der Waals surface area contributed by atoms with E-state index in [0.29, 0.717) is 23.7 Å². The summed E-state index contributed by atoms with van der Waals surface area (Å²) in [6.45, 7) is 4.28. The SMILES string of the molecule is C=C(NCC(=CN)C(N)=NC)c1ccc(=O)[nH]c1. The van der Waals surface area contributed by atoms with Crippen molar-refractivity contribution in [3.63, 3.8) is 0 Å². The highest BCUT2D eigenvalue weighted by Gasteiger charge is 2.03. The molecule has 0 fully saturated rings. The number of aromatic amines is 1. The van der Waals surface area contributed by atoms with Gasteiger partial charge in [-0.05, 0) is 6.07 Å². The Morgan fingerprint density at radius 1 is 1.61 bits per heavy atom. The van der Waals surface area contributed by atoms with Crippen LogP contribution in [-0.4, -0.2) is 24.4 Å². The number of nitrogens with two attached hydrogens (primary N) is 2. The van der Waals surface area contributed by atoms with E-state index >= 15 is 0 Å². The summed E-state index contributed by atoms with van der Waals surface area (Å²) in [5.41, 5.74) is 13.1. The predicted molar refractivity (Wildman–Crippen MR) is 73.9 cm³/mol. The van der Waals surface area contributed by atoms with Crippen molar-refractivity contribution in [2.24, 2.45) is 16.5 Å². The maximum absolute atomic E-state index is 10.9. The lowest BCUT2D eigenvalue weighted by atomic mass is 10.2. The van der Waals surface area contributed by atoms with Gasteiger partial charge in [-0.25, -0.2) is 0 Å². The van der Waals surface area contributed by atoms with Gasteiger partial charge >= 0.3 is 0 Å². The number of hydrogen-bond donors (Lipinski definition) is 4. The third-order valence-corrected chi connectivity index (χ3v) is 2.40. The minimum atomic E-state index is -0.156. The van der Waals surface area contributed by atoms with Gasteiger partial charge in [0.1, 0.15) is 5.84 Å². The summed E-state index contributed by atoms with van der Waals surface area (Å²) in [5, 5.41) is 3.06. The molecule has 0 radical (unpaired) electrons. The molecule has 0 unspecified atom stereocenters. The van der Waals surface area contributed by atoms with Crippen LogP contribution < -0.4 is 22.3 Å². The predicted octanol–water partition coefficient (Wildman–Crippen LogP) is -0.235. The Morgan fingerprint density at radius 3 is 2.83 bits per heavy atom. The Hall–Kier alpha value is -2.50. The van der Waals surface area contributed by atoms with Gasteiger partial charge in [0.05, 0.1) is 0 Å². The van der Waals surface area contributed by atoms with E-state index in [4.69, 9.17) is 11.5 Å². The monoisotopic (exact) mass is 247 g/mol. The van der Waals surface area contributed by atoms with Gasteiger partial charge in [-0.2, -0.15) is 0 Å². The molecular weight excluding hydrogens is 230 g/mol. The first-order valence-electron chi connectivity index (χ1n) is 5.33. The Balaban J connectivity index is 2.67. The highest BCUT2D eigenvalue weighted by Crippen LogP contribution is 2.05. The summed E-state index contributed by atoms with van der Waals surface area (Å²) in [6, 6.07) is 3.11. The van der Waals surface area contributed by atoms with Crippen molar-refractivity contribution in [1.82, 2.24) is 10.3 Å². The van der Waals surface area contributed by atoms with Crippen molar-refractivity contribution in [3.05, 3.63) is 52.6 Å². The van der Waals surface area contributed by atoms with Gasteiger partial charge in [-0.1, -0.05) is 6.58 Å². The molecular formula is C12H17N5O. The lowest BCUT2D eigenvalue weighted by Gasteiger charge is -2.11. The molecule has 18 heavy (non-hydrogen) atoms. The molecule has 0 saturated heterocycles. The molecule has 0 atom stereocenters. The quantitative estimate of drug-likeness (QED) is 0.425. The first-order valence-corrected chi connectivity index (χ1v) is 5.33. The van der Waals surface area contributed by atoms with Crippen molar-refractivity contribution >= 4 is 11.5 Å². The summed E-state index contributed by atoms with van der Waals surface area (Å²) >= 11 is 0. The highest BCUT2D eigenvalue weighted by atomic mass is 16.1. The van der Waals surface area contributed by atoms with Gasteiger partial charge in [0.2, 0.25) is 5.56 Å². The summed E-state index contributed by atoms with van der Waals surface area (Å²) in [5.74, 6) is 0.374. The molecule has 96 valence electrons. The zero-order valence-corrected chi connectivity index (χ0v) is 10.2. The van der Waals surface area contributed by atoms with Gasteiger partial charge in [0.15, 0.2) is 0 Å². The Morgan fingerprint density at radius 2 is 2.33 bits per heavy atom. The fraction of sp³-hybridized carbons (Fsp3) is 0.167. The third kappa shape index (κ3) is 3.51. The average molecular weight is 247 g/mol. The van der Waals surface area contributed by atoms with Crippen LogP contribution in [0.3, 0.4) is 0 Å². The first kappa shape index (κ1) is 13.6. The molecule has 6 N–H and O–H groups in total. The molecule has 1 heterocycles. The van der Waals surface area contributed by atoms with E-state index in [-0.39, 0.29) is 5.56 Å². The van der Waals surface area contributed by atoms with Gasteiger partial charge < -0.3 is 21.8 Å². The van der Waals surface area contributed by atoms with Crippen LogP contribution in [0.4, 0.5) is 0 Å². The maximum atomic E-state index is 10.9. The van der Waals surface area contributed by atoms with Crippen molar-refractivity contribution in [2.45, 2.75) is 0 Å². The van der Waals surface area contributed by atoms with E-state index in [1.807, 2.05) is 0 Å².